The first-order valence-corrected chi connectivity index (χ1v) is 9.29. The number of aromatic nitrogens is 1. The summed E-state index contributed by atoms with van der Waals surface area (Å²) in [5.74, 6) is -1.92. The number of ether oxygens (including phenoxy) is 1. The fourth-order valence-corrected chi connectivity index (χ4v) is 2.94. The largest absolute Gasteiger partial charge is 0.451 e. The van der Waals surface area contributed by atoms with E-state index in [4.69, 9.17) is 4.74 Å². The molecule has 2 rings (SSSR count). The number of aryl methyl sites for hydroxylation is 2. The summed E-state index contributed by atoms with van der Waals surface area (Å²) in [7, 11) is 1.44. The minimum atomic E-state index is -0.909. The van der Waals surface area contributed by atoms with Crippen LogP contribution in [0.2, 0.25) is 0 Å². The predicted octanol–water partition coefficient (Wildman–Crippen LogP) is 1.71. The molecule has 1 aromatic carbocycles. The Morgan fingerprint density at radius 3 is 2.50 bits per heavy atom. The van der Waals surface area contributed by atoms with Gasteiger partial charge < -0.3 is 19.9 Å². The van der Waals surface area contributed by atoms with E-state index < -0.39 is 18.5 Å². The molecule has 156 valence electrons. The molecule has 0 saturated carbocycles. The Kier molecular flexibility index (Phi) is 7.53. The number of esters is 1. The number of hydrogen-bond donors (Lipinski definition) is 2. The van der Waals surface area contributed by atoms with Crippen LogP contribution >= 0.6 is 0 Å². The standard InChI is InChI=1S/C22H24N4O4/c1-14-7-5-6-8-19(14)26-15(2)9-17(16(26)3)10-18(11-23)22(29)30-13-21(28)25-12-20(27)24-4/h5-10H,12-13H2,1-4H3,(H,24,27)(H,25,28)/b18-10+. The molecule has 8 heteroatoms. The molecule has 0 saturated heterocycles. The zero-order chi connectivity index (χ0) is 22.3. The van der Waals surface area contributed by atoms with Crippen LogP contribution < -0.4 is 10.6 Å². The van der Waals surface area contributed by atoms with Crippen molar-refractivity contribution in [3.05, 3.63) is 58.4 Å². The summed E-state index contributed by atoms with van der Waals surface area (Å²) in [6.45, 7) is 5.04. The molecular formula is C22H24N4O4. The third kappa shape index (κ3) is 5.35. The summed E-state index contributed by atoms with van der Waals surface area (Å²) in [6.07, 6.45) is 1.45. The molecule has 1 heterocycles. The first-order chi connectivity index (χ1) is 14.3. The van der Waals surface area contributed by atoms with E-state index in [0.29, 0.717) is 5.56 Å². The van der Waals surface area contributed by atoms with Crippen molar-refractivity contribution in [2.24, 2.45) is 0 Å². The summed E-state index contributed by atoms with van der Waals surface area (Å²) in [5.41, 5.74) is 4.41. The van der Waals surface area contributed by atoms with E-state index in [1.54, 1.807) is 0 Å². The van der Waals surface area contributed by atoms with Crippen LogP contribution in [-0.4, -0.2) is 42.6 Å². The van der Waals surface area contributed by atoms with Crippen LogP contribution in [-0.2, 0) is 19.1 Å². The minimum absolute atomic E-state index is 0.223. The average Bonchev–Trinajstić information content (AvgIpc) is 3.01. The first-order valence-electron chi connectivity index (χ1n) is 9.29. The SMILES string of the molecule is CNC(=O)CNC(=O)COC(=O)/C(C#N)=C/c1cc(C)n(-c2ccccc2C)c1C. The number of nitriles is 1. The predicted molar refractivity (Wildman–Crippen MR) is 112 cm³/mol. The van der Waals surface area contributed by atoms with E-state index in [1.807, 2.05) is 61.7 Å². The molecule has 0 unspecified atom stereocenters. The monoisotopic (exact) mass is 408 g/mol. The lowest BCUT2D eigenvalue weighted by molar-refractivity contribution is -0.144. The molecule has 2 aromatic rings. The van der Waals surface area contributed by atoms with Crippen molar-refractivity contribution in [1.29, 1.82) is 5.26 Å². The number of nitrogens with zero attached hydrogens (tertiary/aromatic N) is 2. The molecule has 1 aromatic heterocycles. The molecule has 0 aliphatic heterocycles. The highest BCUT2D eigenvalue weighted by atomic mass is 16.5. The van der Waals surface area contributed by atoms with Gasteiger partial charge in [-0.1, -0.05) is 18.2 Å². The second-order valence-corrected chi connectivity index (χ2v) is 6.64. The zero-order valence-corrected chi connectivity index (χ0v) is 17.4. The molecule has 0 radical (unpaired) electrons. The maximum Gasteiger partial charge on any atom is 0.349 e. The molecular weight excluding hydrogens is 384 g/mol. The molecule has 0 spiro atoms. The van der Waals surface area contributed by atoms with Crippen LogP contribution in [0.15, 0.2) is 35.9 Å². The van der Waals surface area contributed by atoms with E-state index >= 15 is 0 Å². The van der Waals surface area contributed by atoms with Crippen molar-refractivity contribution in [1.82, 2.24) is 15.2 Å². The van der Waals surface area contributed by atoms with Gasteiger partial charge in [0.1, 0.15) is 11.6 Å². The van der Waals surface area contributed by atoms with Crippen LogP contribution in [0.4, 0.5) is 0 Å². The van der Waals surface area contributed by atoms with E-state index in [-0.39, 0.29) is 18.0 Å². The van der Waals surface area contributed by atoms with Gasteiger partial charge in [0.05, 0.1) is 6.54 Å². The molecule has 0 bridgehead atoms. The second-order valence-electron chi connectivity index (χ2n) is 6.64. The number of nitrogens with one attached hydrogen (secondary N) is 2. The second kappa shape index (κ2) is 10.1. The molecule has 30 heavy (non-hydrogen) atoms. The van der Waals surface area contributed by atoms with Gasteiger partial charge in [0, 0.05) is 24.1 Å². The molecule has 0 atom stereocenters. The Labute approximate surface area is 175 Å². The van der Waals surface area contributed by atoms with E-state index in [1.165, 1.54) is 13.1 Å². The van der Waals surface area contributed by atoms with Crippen molar-refractivity contribution in [2.45, 2.75) is 20.8 Å². The summed E-state index contributed by atoms with van der Waals surface area (Å²) in [5, 5.41) is 14.0. The highest BCUT2D eigenvalue weighted by Crippen LogP contribution is 2.24. The van der Waals surface area contributed by atoms with Crippen molar-refractivity contribution in [3.63, 3.8) is 0 Å². The third-order valence-electron chi connectivity index (χ3n) is 4.53. The summed E-state index contributed by atoms with van der Waals surface area (Å²) in [4.78, 5) is 35.0. The Hall–Kier alpha value is -3.86. The number of likely N-dealkylation sites (N-methyl/N-ethyl adjacent to an activating group) is 1. The maximum atomic E-state index is 12.2. The topological polar surface area (TPSA) is 113 Å². The van der Waals surface area contributed by atoms with Gasteiger partial charge in [-0.2, -0.15) is 5.26 Å². The molecule has 8 nitrogen and oxygen atoms in total. The van der Waals surface area contributed by atoms with Gasteiger partial charge in [-0.3, -0.25) is 9.59 Å². The minimum Gasteiger partial charge on any atom is -0.451 e. The maximum absolute atomic E-state index is 12.2. The van der Waals surface area contributed by atoms with E-state index in [0.717, 1.165) is 22.6 Å². The Morgan fingerprint density at radius 1 is 1.17 bits per heavy atom. The van der Waals surface area contributed by atoms with Crippen LogP contribution in [0.25, 0.3) is 11.8 Å². The molecule has 0 fully saturated rings. The lowest BCUT2D eigenvalue weighted by Gasteiger charge is -2.12. The van der Waals surface area contributed by atoms with Crippen molar-refractivity contribution < 1.29 is 19.1 Å². The number of hydrogen-bond acceptors (Lipinski definition) is 5. The number of amides is 2. The molecule has 2 N–H and O–H groups in total. The number of carbonyl (C=O) groups excluding carboxylic acids is 3. The van der Waals surface area contributed by atoms with Crippen molar-refractivity contribution in [2.75, 3.05) is 20.2 Å². The Bertz CT molecular complexity index is 1040. The lowest BCUT2D eigenvalue weighted by atomic mass is 10.1. The van der Waals surface area contributed by atoms with Gasteiger partial charge in [-0.05, 0) is 50.1 Å². The van der Waals surface area contributed by atoms with Gasteiger partial charge in [0.25, 0.3) is 5.91 Å². The van der Waals surface area contributed by atoms with Gasteiger partial charge in [0.15, 0.2) is 6.61 Å². The smallest absolute Gasteiger partial charge is 0.349 e. The van der Waals surface area contributed by atoms with Crippen molar-refractivity contribution >= 4 is 23.9 Å². The number of para-hydroxylation sites is 1. The van der Waals surface area contributed by atoms with Crippen LogP contribution in [0.5, 0.6) is 0 Å². The van der Waals surface area contributed by atoms with Crippen molar-refractivity contribution in [3.8, 4) is 11.8 Å². The van der Waals surface area contributed by atoms with E-state index in [2.05, 4.69) is 10.6 Å². The highest BCUT2D eigenvalue weighted by Gasteiger charge is 2.16. The van der Waals surface area contributed by atoms with Crippen LogP contribution in [0, 0.1) is 32.1 Å². The van der Waals surface area contributed by atoms with Gasteiger partial charge in [0.2, 0.25) is 5.91 Å². The normalized spacial score (nSPS) is 10.8. The third-order valence-corrected chi connectivity index (χ3v) is 4.53. The van der Waals surface area contributed by atoms with Crippen LogP contribution in [0.1, 0.15) is 22.5 Å². The zero-order valence-electron chi connectivity index (χ0n) is 17.4. The summed E-state index contributed by atoms with van der Waals surface area (Å²) < 4.78 is 6.94. The highest BCUT2D eigenvalue weighted by molar-refractivity contribution is 5.99. The summed E-state index contributed by atoms with van der Waals surface area (Å²) >= 11 is 0. The van der Waals surface area contributed by atoms with Gasteiger partial charge >= 0.3 is 5.97 Å². The first kappa shape index (κ1) is 22.4. The quantitative estimate of drug-likeness (QED) is 0.411. The number of rotatable bonds is 7. The van der Waals surface area contributed by atoms with Crippen LogP contribution in [0.3, 0.4) is 0 Å². The fraction of sp³-hybridized carbons (Fsp3) is 0.273. The summed E-state index contributed by atoms with van der Waals surface area (Å²) in [6, 6.07) is 11.6. The van der Waals surface area contributed by atoms with E-state index in [9.17, 15) is 19.6 Å². The number of carbonyl (C=O) groups is 3. The molecule has 0 aliphatic carbocycles. The number of benzene rings is 1. The Balaban J connectivity index is 2.17. The van der Waals surface area contributed by atoms with Gasteiger partial charge in [-0.25, -0.2) is 4.79 Å². The van der Waals surface area contributed by atoms with Gasteiger partial charge in [-0.15, -0.1) is 0 Å². The fourth-order valence-electron chi connectivity index (χ4n) is 2.94. The Morgan fingerprint density at radius 2 is 1.87 bits per heavy atom. The average molecular weight is 408 g/mol. The lowest BCUT2D eigenvalue weighted by Crippen LogP contribution is -2.37. The molecule has 2 amide bonds. The molecule has 0 aliphatic rings.